The van der Waals surface area contributed by atoms with E-state index in [4.69, 9.17) is 4.74 Å². The van der Waals surface area contributed by atoms with Gasteiger partial charge in [0.05, 0.1) is 10.5 Å². The minimum atomic E-state index is -1.04. The van der Waals surface area contributed by atoms with Gasteiger partial charge < -0.3 is 10.1 Å². The third kappa shape index (κ3) is 4.39. The van der Waals surface area contributed by atoms with Gasteiger partial charge >= 0.3 is 5.97 Å². The minimum absolute atomic E-state index is 0.0131. The van der Waals surface area contributed by atoms with Gasteiger partial charge in [-0.15, -0.1) is 0 Å². The maximum Gasteiger partial charge on any atom is 0.339 e. The van der Waals surface area contributed by atoms with Gasteiger partial charge in [0.2, 0.25) is 0 Å². The second-order valence-electron chi connectivity index (χ2n) is 5.21. The number of ether oxygens (including phenoxy) is 1. The summed E-state index contributed by atoms with van der Waals surface area (Å²) in [5, 5.41) is 13.4. The van der Waals surface area contributed by atoms with E-state index in [2.05, 4.69) is 5.32 Å². The van der Waals surface area contributed by atoms with Gasteiger partial charge in [-0.3, -0.25) is 14.9 Å². The molecule has 0 aliphatic carbocycles. The number of hydrogen-bond donors (Lipinski definition) is 1. The number of nitrogens with zero attached hydrogens (tertiary/aromatic N) is 1. The molecule has 0 aliphatic heterocycles. The maximum atomic E-state index is 12.0. The molecular formula is C17H16N2O5. The van der Waals surface area contributed by atoms with E-state index < -0.39 is 22.9 Å². The Hall–Kier alpha value is -3.22. The van der Waals surface area contributed by atoms with Crippen LogP contribution in [0.25, 0.3) is 0 Å². The molecule has 0 aliphatic rings. The third-order valence-corrected chi connectivity index (χ3v) is 3.26. The van der Waals surface area contributed by atoms with E-state index in [1.807, 2.05) is 19.1 Å². The molecule has 0 radical (unpaired) electrons. The average molecular weight is 328 g/mol. The monoisotopic (exact) mass is 328 g/mol. The molecule has 0 bridgehead atoms. The molecule has 2 aromatic carbocycles. The number of hydrogen-bond acceptors (Lipinski definition) is 5. The molecule has 0 aromatic heterocycles. The van der Waals surface area contributed by atoms with E-state index in [1.165, 1.54) is 25.1 Å². The van der Waals surface area contributed by atoms with Crippen LogP contribution >= 0.6 is 0 Å². The Morgan fingerprint density at radius 3 is 2.46 bits per heavy atom. The van der Waals surface area contributed by atoms with Gasteiger partial charge in [0.25, 0.3) is 11.6 Å². The lowest BCUT2D eigenvalue weighted by molar-refractivity contribution is -0.384. The molecule has 0 heterocycles. The van der Waals surface area contributed by atoms with Crippen LogP contribution in [-0.2, 0) is 9.53 Å². The first-order valence-electron chi connectivity index (χ1n) is 7.20. The second kappa shape index (κ2) is 7.36. The lowest BCUT2D eigenvalue weighted by atomic mass is 10.2. The van der Waals surface area contributed by atoms with E-state index in [0.717, 1.165) is 11.6 Å². The van der Waals surface area contributed by atoms with Crippen molar-refractivity contribution < 1.29 is 19.2 Å². The van der Waals surface area contributed by atoms with Gasteiger partial charge in [-0.25, -0.2) is 4.79 Å². The zero-order chi connectivity index (χ0) is 17.7. The van der Waals surface area contributed by atoms with Crippen LogP contribution in [0.1, 0.15) is 22.8 Å². The lowest BCUT2D eigenvalue weighted by Gasteiger charge is -2.13. The molecule has 24 heavy (non-hydrogen) atoms. The van der Waals surface area contributed by atoms with Crippen molar-refractivity contribution in [3.8, 4) is 0 Å². The molecule has 7 heteroatoms. The lowest BCUT2D eigenvalue weighted by Crippen LogP contribution is -2.30. The van der Waals surface area contributed by atoms with Crippen molar-refractivity contribution in [2.45, 2.75) is 20.0 Å². The van der Waals surface area contributed by atoms with Crippen LogP contribution in [-0.4, -0.2) is 22.9 Å². The predicted octanol–water partition coefficient (Wildman–Crippen LogP) is 3.09. The fourth-order valence-corrected chi connectivity index (χ4v) is 1.91. The molecule has 0 unspecified atom stereocenters. The van der Waals surface area contributed by atoms with E-state index in [-0.39, 0.29) is 11.3 Å². The summed E-state index contributed by atoms with van der Waals surface area (Å²) in [6.07, 6.45) is -1.04. The standard InChI is InChI=1S/C17H16N2O5/c1-11-6-8-14(9-7-11)18-16(20)12(2)24-17(21)13-4-3-5-15(10-13)19(22)23/h3-10,12H,1-2H3,(H,18,20)/t12-/m0/s1. The molecular weight excluding hydrogens is 312 g/mol. The zero-order valence-corrected chi connectivity index (χ0v) is 13.2. The van der Waals surface area contributed by atoms with Crippen molar-refractivity contribution in [1.82, 2.24) is 0 Å². The predicted molar refractivity (Wildman–Crippen MR) is 87.8 cm³/mol. The minimum Gasteiger partial charge on any atom is -0.449 e. The highest BCUT2D eigenvalue weighted by Gasteiger charge is 2.20. The number of nitrogens with one attached hydrogen (secondary N) is 1. The number of carbonyl (C=O) groups excluding carboxylic acids is 2. The number of non-ortho nitro benzene ring substituents is 1. The molecule has 0 spiro atoms. The third-order valence-electron chi connectivity index (χ3n) is 3.26. The van der Waals surface area contributed by atoms with Crippen LogP contribution in [0.5, 0.6) is 0 Å². The molecule has 0 saturated carbocycles. The summed E-state index contributed by atoms with van der Waals surface area (Å²) in [5.74, 6) is -1.29. The molecule has 0 fully saturated rings. The highest BCUT2D eigenvalue weighted by Crippen LogP contribution is 2.15. The number of anilines is 1. The van der Waals surface area contributed by atoms with Crippen molar-refractivity contribution >= 4 is 23.3 Å². The van der Waals surface area contributed by atoms with Crippen molar-refractivity contribution in [1.29, 1.82) is 0 Å². The molecule has 2 aromatic rings. The Bertz CT molecular complexity index is 771. The van der Waals surface area contributed by atoms with Crippen LogP contribution in [0.2, 0.25) is 0 Å². The summed E-state index contributed by atoms with van der Waals surface area (Å²) in [6.45, 7) is 3.35. The number of rotatable bonds is 5. The maximum absolute atomic E-state index is 12.0. The van der Waals surface area contributed by atoms with Gasteiger partial charge in [-0.2, -0.15) is 0 Å². The summed E-state index contributed by atoms with van der Waals surface area (Å²) in [4.78, 5) is 34.2. The second-order valence-corrected chi connectivity index (χ2v) is 5.21. The number of amides is 1. The Labute approximate surface area is 138 Å². The van der Waals surface area contributed by atoms with E-state index in [1.54, 1.807) is 12.1 Å². The normalized spacial score (nSPS) is 11.4. The fourth-order valence-electron chi connectivity index (χ4n) is 1.91. The first kappa shape index (κ1) is 17.1. The number of nitro benzene ring substituents is 1. The topological polar surface area (TPSA) is 98.5 Å². The summed E-state index contributed by atoms with van der Waals surface area (Å²) < 4.78 is 5.06. The SMILES string of the molecule is Cc1ccc(NC(=O)[C@H](C)OC(=O)c2cccc([N+](=O)[O-])c2)cc1. The number of esters is 1. The highest BCUT2D eigenvalue weighted by atomic mass is 16.6. The van der Waals surface area contributed by atoms with Gasteiger partial charge in [-0.1, -0.05) is 23.8 Å². The molecule has 7 nitrogen and oxygen atoms in total. The Morgan fingerprint density at radius 1 is 1.17 bits per heavy atom. The van der Waals surface area contributed by atoms with E-state index >= 15 is 0 Å². The van der Waals surface area contributed by atoms with Crippen molar-refractivity contribution in [2.24, 2.45) is 0 Å². The number of benzene rings is 2. The molecule has 124 valence electrons. The summed E-state index contributed by atoms with van der Waals surface area (Å²) >= 11 is 0. The van der Waals surface area contributed by atoms with E-state index in [0.29, 0.717) is 5.69 Å². The number of aryl methyl sites for hydroxylation is 1. The van der Waals surface area contributed by atoms with Crippen molar-refractivity contribution in [2.75, 3.05) is 5.32 Å². The molecule has 2 rings (SSSR count). The Morgan fingerprint density at radius 2 is 1.83 bits per heavy atom. The average Bonchev–Trinajstić information content (AvgIpc) is 2.56. The van der Waals surface area contributed by atoms with Crippen LogP contribution < -0.4 is 5.32 Å². The zero-order valence-electron chi connectivity index (χ0n) is 13.2. The summed E-state index contributed by atoms with van der Waals surface area (Å²) in [6, 6.07) is 12.3. The summed E-state index contributed by atoms with van der Waals surface area (Å²) in [7, 11) is 0. The quantitative estimate of drug-likeness (QED) is 0.516. The van der Waals surface area contributed by atoms with Gasteiger partial charge in [0, 0.05) is 17.8 Å². The van der Waals surface area contributed by atoms with Gasteiger partial charge in [-0.05, 0) is 32.0 Å². The first-order chi connectivity index (χ1) is 11.4. The van der Waals surface area contributed by atoms with Crippen molar-refractivity contribution in [3.63, 3.8) is 0 Å². The van der Waals surface area contributed by atoms with Crippen molar-refractivity contribution in [3.05, 3.63) is 69.8 Å². The van der Waals surface area contributed by atoms with E-state index in [9.17, 15) is 19.7 Å². The number of carbonyl (C=O) groups is 2. The molecule has 1 N–H and O–H groups in total. The Balaban J connectivity index is 2.00. The van der Waals surface area contributed by atoms with Gasteiger partial charge in [0.1, 0.15) is 0 Å². The molecule has 0 saturated heterocycles. The fraction of sp³-hybridized carbons (Fsp3) is 0.176. The van der Waals surface area contributed by atoms with Gasteiger partial charge in [0.15, 0.2) is 6.10 Å². The van der Waals surface area contributed by atoms with Crippen LogP contribution in [0, 0.1) is 17.0 Å². The Kier molecular flexibility index (Phi) is 5.26. The van der Waals surface area contributed by atoms with Crippen LogP contribution in [0.3, 0.4) is 0 Å². The van der Waals surface area contributed by atoms with Crippen LogP contribution in [0.4, 0.5) is 11.4 Å². The molecule has 1 amide bonds. The molecule has 1 atom stereocenters. The smallest absolute Gasteiger partial charge is 0.339 e. The van der Waals surface area contributed by atoms with Crippen LogP contribution in [0.15, 0.2) is 48.5 Å². The highest BCUT2D eigenvalue weighted by molar-refractivity contribution is 5.97. The number of nitro groups is 1. The first-order valence-corrected chi connectivity index (χ1v) is 7.20. The summed E-state index contributed by atoms with van der Waals surface area (Å²) in [5.41, 5.74) is 1.43. The largest absolute Gasteiger partial charge is 0.449 e.